The van der Waals surface area contributed by atoms with Crippen LogP contribution in [0.1, 0.15) is 29.8 Å². The average Bonchev–Trinajstić information content (AvgIpc) is 2.71. The van der Waals surface area contributed by atoms with Crippen molar-refractivity contribution in [1.29, 1.82) is 0 Å². The normalized spacial score (nSPS) is 11.6. The van der Waals surface area contributed by atoms with Crippen molar-refractivity contribution >= 4 is 37.6 Å². The Balaban J connectivity index is 2.21. The number of methoxy groups -OCH3 is 2. The number of hydrogen-bond acceptors (Lipinski definition) is 6. The first kappa shape index (κ1) is 22.9. The van der Waals surface area contributed by atoms with Crippen molar-refractivity contribution in [2.75, 3.05) is 14.2 Å². The zero-order chi connectivity index (χ0) is 21.8. The zero-order valence-corrected chi connectivity index (χ0v) is 18.9. The predicted octanol–water partition coefficient (Wildman–Crippen LogP) is 3.11. The van der Waals surface area contributed by atoms with Gasteiger partial charge in [0.05, 0.1) is 19.1 Å². The Labute approximate surface area is 178 Å². The van der Waals surface area contributed by atoms with E-state index < -0.39 is 26.5 Å². The molecule has 1 N–H and O–H groups in total. The van der Waals surface area contributed by atoms with Gasteiger partial charge in [-0.25, -0.2) is 13.2 Å². The van der Waals surface area contributed by atoms with E-state index in [0.29, 0.717) is 11.3 Å². The Kier molecular flexibility index (Phi) is 7.07. The van der Waals surface area contributed by atoms with Gasteiger partial charge in [-0.2, -0.15) is 0 Å². The number of benzene rings is 2. The van der Waals surface area contributed by atoms with Crippen LogP contribution in [-0.2, 0) is 25.9 Å². The summed E-state index contributed by atoms with van der Waals surface area (Å²) in [6, 6.07) is 10.9. The molecule has 0 heterocycles. The van der Waals surface area contributed by atoms with Crippen LogP contribution in [0, 0.1) is 0 Å². The quantitative estimate of drug-likeness (QED) is 0.607. The molecule has 7 nitrogen and oxygen atoms in total. The van der Waals surface area contributed by atoms with E-state index in [2.05, 4.69) is 21.2 Å². The number of halogens is 1. The van der Waals surface area contributed by atoms with Crippen LogP contribution in [0.2, 0.25) is 0 Å². The molecule has 0 unspecified atom stereocenters. The van der Waals surface area contributed by atoms with Crippen molar-refractivity contribution in [2.45, 2.75) is 30.0 Å². The van der Waals surface area contributed by atoms with Crippen LogP contribution in [0.25, 0.3) is 0 Å². The molecule has 0 saturated heterocycles. The summed E-state index contributed by atoms with van der Waals surface area (Å²) in [4.78, 5) is 24.6. The van der Waals surface area contributed by atoms with E-state index in [4.69, 9.17) is 9.47 Å². The van der Waals surface area contributed by atoms with E-state index in [9.17, 15) is 18.0 Å². The molecule has 0 atom stereocenters. The third-order valence-corrected chi connectivity index (χ3v) is 7.42. The van der Waals surface area contributed by atoms with Crippen molar-refractivity contribution in [1.82, 2.24) is 5.32 Å². The Bertz CT molecular complexity index is 1020. The summed E-state index contributed by atoms with van der Waals surface area (Å²) in [6.07, 6.45) is 0. The maximum atomic E-state index is 12.9. The molecule has 0 aliphatic carbocycles. The molecule has 0 bridgehead atoms. The van der Waals surface area contributed by atoms with E-state index in [1.165, 1.54) is 46.3 Å². The molecule has 0 radical (unpaired) electrons. The average molecular weight is 484 g/mol. The molecule has 1 amide bonds. The molecule has 0 aliphatic rings. The number of sulfone groups is 1. The molecule has 156 valence electrons. The largest absolute Gasteiger partial charge is 0.496 e. The first-order chi connectivity index (χ1) is 13.5. The minimum atomic E-state index is -3.92. The van der Waals surface area contributed by atoms with Crippen molar-refractivity contribution < 1.29 is 27.5 Å². The Morgan fingerprint density at radius 2 is 1.69 bits per heavy atom. The van der Waals surface area contributed by atoms with Gasteiger partial charge >= 0.3 is 5.97 Å². The van der Waals surface area contributed by atoms with Gasteiger partial charge in [0.25, 0.3) is 0 Å². The molecule has 0 fully saturated rings. The van der Waals surface area contributed by atoms with Crippen LogP contribution in [-0.4, -0.2) is 39.3 Å². The molecule has 9 heteroatoms. The summed E-state index contributed by atoms with van der Waals surface area (Å²) in [5, 5.41) is 2.63. The third kappa shape index (κ3) is 4.79. The van der Waals surface area contributed by atoms with Gasteiger partial charge in [-0.15, -0.1) is 0 Å². The molecule has 2 rings (SSSR count). The monoisotopic (exact) mass is 483 g/mol. The minimum Gasteiger partial charge on any atom is -0.496 e. The number of carbonyl (C=O) groups excluding carboxylic acids is 2. The number of rotatable bonds is 7. The van der Waals surface area contributed by atoms with Crippen molar-refractivity contribution in [3.8, 4) is 5.75 Å². The van der Waals surface area contributed by atoms with Gasteiger partial charge in [0.15, 0.2) is 9.84 Å². The van der Waals surface area contributed by atoms with Crippen molar-refractivity contribution in [2.24, 2.45) is 0 Å². The van der Waals surface area contributed by atoms with E-state index in [-0.39, 0.29) is 17.0 Å². The van der Waals surface area contributed by atoms with Crippen molar-refractivity contribution in [3.63, 3.8) is 0 Å². The number of nitrogens with one attached hydrogen (secondary N) is 1. The molecule has 2 aromatic rings. The van der Waals surface area contributed by atoms with Gasteiger partial charge in [-0.05, 0) is 55.8 Å². The summed E-state index contributed by atoms with van der Waals surface area (Å²) in [5.41, 5.74) is 0.805. The highest BCUT2D eigenvalue weighted by Gasteiger charge is 2.42. The predicted molar refractivity (Wildman–Crippen MR) is 112 cm³/mol. The number of carbonyl (C=O) groups is 2. The summed E-state index contributed by atoms with van der Waals surface area (Å²) in [7, 11) is -1.24. The second-order valence-corrected chi connectivity index (χ2v) is 10.1. The van der Waals surface area contributed by atoms with Gasteiger partial charge in [0.1, 0.15) is 16.1 Å². The Morgan fingerprint density at radius 1 is 1.07 bits per heavy atom. The smallest absolute Gasteiger partial charge is 0.341 e. The van der Waals surface area contributed by atoms with Crippen LogP contribution < -0.4 is 10.1 Å². The lowest BCUT2D eigenvalue weighted by atomic mass is 10.1. The van der Waals surface area contributed by atoms with Crippen LogP contribution in [0.15, 0.2) is 51.8 Å². The summed E-state index contributed by atoms with van der Waals surface area (Å²) >= 11 is 3.26. The van der Waals surface area contributed by atoms with Crippen LogP contribution in [0.4, 0.5) is 0 Å². The molecule has 0 aliphatic heterocycles. The minimum absolute atomic E-state index is 0.0338. The van der Waals surface area contributed by atoms with Crippen LogP contribution in [0.5, 0.6) is 5.75 Å². The molecular weight excluding hydrogens is 462 g/mol. The van der Waals surface area contributed by atoms with Gasteiger partial charge in [0, 0.05) is 11.0 Å². The molecule has 0 aromatic heterocycles. The SMILES string of the molecule is COC(=O)c1cc(CNC(=O)C(C)(C)S(=O)(=O)c2ccc(Br)cc2)ccc1OC. The third-order valence-electron chi connectivity index (χ3n) is 4.46. The number of ether oxygens (including phenoxy) is 2. The first-order valence-electron chi connectivity index (χ1n) is 8.58. The second-order valence-electron chi connectivity index (χ2n) is 6.68. The maximum absolute atomic E-state index is 12.9. The van der Waals surface area contributed by atoms with Crippen LogP contribution in [0.3, 0.4) is 0 Å². The van der Waals surface area contributed by atoms with Gasteiger partial charge in [-0.3, -0.25) is 4.79 Å². The second kappa shape index (κ2) is 8.96. The fourth-order valence-electron chi connectivity index (χ4n) is 2.56. The Morgan fingerprint density at radius 3 is 2.24 bits per heavy atom. The molecular formula is C20H22BrNO6S. The summed E-state index contributed by atoms with van der Waals surface area (Å²) < 4.78 is 34.8. The summed E-state index contributed by atoms with van der Waals surface area (Å²) in [6.45, 7) is 2.74. The fraction of sp³-hybridized carbons (Fsp3) is 0.300. The molecule has 2 aromatic carbocycles. The highest BCUT2D eigenvalue weighted by Crippen LogP contribution is 2.27. The van der Waals surface area contributed by atoms with Gasteiger partial charge in [-0.1, -0.05) is 22.0 Å². The number of hydrogen-bond donors (Lipinski definition) is 1. The lowest BCUT2D eigenvalue weighted by Crippen LogP contribution is -2.47. The number of esters is 1. The van der Waals surface area contributed by atoms with E-state index in [1.54, 1.807) is 24.3 Å². The van der Waals surface area contributed by atoms with Crippen LogP contribution >= 0.6 is 15.9 Å². The lowest BCUT2D eigenvalue weighted by molar-refractivity contribution is -0.123. The fourth-order valence-corrected chi connectivity index (χ4v) is 4.22. The zero-order valence-electron chi connectivity index (χ0n) is 16.5. The van der Waals surface area contributed by atoms with E-state index in [1.807, 2.05) is 0 Å². The lowest BCUT2D eigenvalue weighted by Gasteiger charge is -2.24. The highest BCUT2D eigenvalue weighted by molar-refractivity contribution is 9.10. The van der Waals surface area contributed by atoms with Gasteiger partial charge in [0.2, 0.25) is 5.91 Å². The standard InChI is InChI=1S/C20H22BrNO6S/c1-20(2,29(25,26)15-8-6-14(21)7-9-15)19(24)22-12-13-5-10-17(27-3)16(11-13)18(23)28-4/h5-11H,12H2,1-4H3,(H,22,24). The molecule has 0 spiro atoms. The van der Waals surface area contributed by atoms with E-state index in [0.717, 1.165) is 4.47 Å². The first-order valence-corrected chi connectivity index (χ1v) is 10.9. The number of amides is 1. The van der Waals surface area contributed by atoms with E-state index >= 15 is 0 Å². The maximum Gasteiger partial charge on any atom is 0.341 e. The molecule has 29 heavy (non-hydrogen) atoms. The van der Waals surface area contributed by atoms with Gasteiger partial charge < -0.3 is 14.8 Å². The van der Waals surface area contributed by atoms with Crippen molar-refractivity contribution in [3.05, 3.63) is 58.1 Å². The summed E-state index contributed by atoms with van der Waals surface area (Å²) in [5.74, 6) is -0.894. The highest BCUT2D eigenvalue weighted by atomic mass is 79.9. The molecule has 0 saturated carbocycles. The Hall–Kier alpha value is -2.39. The topological polar surface area (TPSA) is 98.8 Å².